The molecule has 0 saturated heterocycles. The van der Waals surface area contributed by atoms with Crippen LogP contribution in [0.5, 0.6) is 0 Å². The van der Waals surface area contributed by atoms with Crippen LogP contribution in [0.4, 0.5) is 0 Å². The van der Waals surface area contributed by atoms with E-state index in [9.17, 15) is 0 Å². The van der Waals surface area contributed by atoms with Gasteiger partial charge in [-0.05, 0) is 0 Å². The standard InChI is InChI=1S/Al.2As.Sb/q+3;2*-3;+3. The molecule has 0 saturated carbocycles. The van der Waals surface area contributed by atoms with Crippen LogP contribution in [0.3, 0.4) is 0 Å². The van der Waals surface area contributed by atoms with Crippen molar-refractivity contribution in [3.05, 3.63) is 0 Å². The Morgan fingerprint density at radius 2 is 0.750 bits per heavy atom. The summed E-state index contributed by atoms with van der Waals surface area (Å²) in [7, 11) is 0. The van der Waals surface area contributed by atoms with Crippen LogP contribution in [-0.2, 0) is 0 Å². The first-order chi connectivity index (χ1) is 0. The van der Waals surface area contributed by atoms with E-state index in [4.69, 9.17) is 0 Å². The Hall–Kier alpha value is 2.47. The summed E-state index contributed by atoms with van der Waals surface area (Å²) in [6, 6.07) is 0. The molecule has 0 N–H and O–H groups in total. The van der Waals surface area contributed by atoms with Gasteiger partial charge in [0.05, 0.1) is 0 Å². The number of hydrogen-bond donors (Lipinski definition) is 0. The first-order valence-electron chi connectivity index (χ1n) is 0. The van der Waals surface area contributed by atoms with Crippen LogP contribution in [0, 0.1) is 0 Å². The minimum atomic E-state index is 0. The Balaban J connectivity index is 0. The quantitative estimate of drug-likeness (QED) is 0.477. The summed E-state index contributed by atoms with van der Waals surface area (Å²) >= 11 is 0. The van der Waals surface area contributed by atoms with Crippen LogP contribution in [-0.4, -0.2) is 77.7 Å². The SMILES string of the molecule is [Al+3].[As-3].[As-3].[Sb+3]. The first kappa shape index (κ1) is 31.8. The normalized spacial score (nSPS) is 0. The maximum Gasteiger partial charge on any atom is 3.00 e. The van der Waals surface area contributed by atoms with Gasteiger partial charge in [-0.2, -0.15) is 0 Å². The molecule has 0 aromatic carbocycles. The molecule has 0 rings (SSSR count). The molecule has 0 unspecified atom stereocenters. The second-order valence-corrected chi connectivity index (χ2v) is 0. The fourth-order valence-corrected chi connectivity index (χ4v) is 0. The number of hydrogen-bond acceptors (Lipinski definition) is 0. The second-order valence-electron chi connectivity index (χ2n) is 0. The van der Waals surface area contributed by atoms with E-state index in [-0.39, 0.29) is 77.7 Å². The van der Waals surface area contributed by atoms with Crippen molar-refractivity contribution in [1.29, 1.82) is 0 Å². The van der Waals surface area contributed by atoms with E-state index >= 15 is 0 Å². The fourth-order valence-electron chi connectivity index (χ4n) is 0. The predicted octanol–water partition coefficient (Wildman–Crippen LogP) is -1.52. The van der Waals surface area contributed by atoms with E-state index in [0.717, 1.165) is 0 Å². The minimum Gasteiger partial charge on any atom is -3.00 e. The van der Waals surface area contributed by atoms with Gasteiger partial charge in [0.2, 0.25) is 0 Å². The van der Waals surface area contributed by atoms with Crippen molar-refractivity contribution in [3.8, 4) is 0 Å². The van der Waals surface area contributed by atoms with Gasteiger partial charge in [0.1, 0.15) is 0 Å². The van der Waals surface area contributed by atoms with Crippen molar-refractivity contribution in [1.82, 2.24) is 0 Å². The molecule has 0 fully saturated rings. The first-order valence-corrected chi connectivity index (χ1v) is 0. The molecule has 0 aromatic heterocycles. The van der Waals surface area contributed by atoms with Crippen LogP contribution < -0.4 is 0 Å². The molecule has 18 valence electrons. The maximum absolute atomic E-state index is 0. The van der Waals surface area contributed by atoms with Gasteiger partial charge in [-0.15, -0.1) is 0 Å². The molecule has 0 amide bonds. The minimum absolute atomic E-state index is 0. The van der Waals surface area contributed by atoms with Crippen molar-refractivity contribution in [2.75, 3.05) is 0 Å². The molecular weight excluding hydrogens is 299 g/mol. The van der Waals surface area contributed by atoms with Crippen molar-refractivity contribution < 1.29 is 0 Å². The van der Waals surface area contributed by atoms with E-state index in [1.807, 2.05) is 0 Å². The third kappa shape index (κ3) is 8.82. The smallest absolute Gasteiger partial charge is 3.00 e. The van der Waals surface area contributed by atoms with Gasteiger partial charge < -0.3 is 35.9 Å². The summed E-state index contributed by atoms with van der Waals surface area (Å²) in [4.78, 5) is 0. The summed E-state index contributed by atoms with van der Waals surface area (Å²) in [5.41, 5.74) is 0. The summed E-state index contributed by atoms with van der Waals surface area (Å²) in [6.07, 6.45) is 0. The van der Waals surface area contributed by atoms with Crippen molar-refractivity contribution in [3.63, 3.8) is 0 Å². The Bertz CT molecular complexity index is 6.00. The van der Waals surface area contributed by atoms with Gasteiger partial charge in [0.25, 0.3) is 0 Å². The van der Waals surface area contributed by atoms with Crippen LogP contribution in [0.1, 0.15) is 0 Å². The van der Waals surface area contributed by atoms with Gasteiger partial charge in [0.15, 0.2) is 0 Å². The molecule has 0 spiro atoms. The van der Waals surface area contributed by atoms with Crippen LogP contribution in [0.15, 0.2) is 0 Å². The summed E-state index contributed by atoms with van der Waals surface area (Å²) in [6.45, 7) is 0. The Labute approximate surface area is 76.7 Å². The topological polar surface area (TPSA) is 0 Å². The molecule has 4 heavy (non-hydrogen) atoms. The van der Waals surface area contributed by atoms with Crippen LogP contribution in [0.25, 0.3) is 0 Å². The molecule has 0 nitrogen and oxygen atoms in total. The zero-order chi connectivity index (χ0) is 0. The molecule has 0 aliphatic rings. The largest absolute Gasteiger partial charge is 3.00 e. The predicted molar refractivity (Wildman–Crippen MR) is 23.0 cm³/mol. The van der Waals surface area contributed by atoms with Gasteiger partial charge in [-0.3, -0.25) is 0 Å². The van der Waals surface area contributed by atoms with Crippen LogP contribution in [0.2, 0.25) is 0 Å². The van der Waals surface area contributed by atoms with Crippen molar-refractivity contribution >= 4 is 77.7 Å². The zero-order valence-electron chi connectivity index (χ0n) is 1.92. The molecule has 0 aromatic rings. The molecule has 0 aliphatic heterocycles. The van der Waals surface area contributed by atoms with Gasteiger partial charge >= 0.3 is 41.8 Å². The molecule has 0 atom stereocenters. The van der Waals surface area contributed by atoms with E-state index < -0.39 is 0 Å². The van der Waals surface area contributed by atoms with Crippen molar-refractivity contribution in [2.45, 2.75) is 0 Å². The second kappa shape index (κ2) is 17.9. The van der Waals surface area contributed by atoms with E-state index in [2.05, 4.69) is 0 Å². The van der Waals surface area contributed by atoms with Crippen molar-refractivity contribution in [2.24, 2.45) is 0 Å². The molecule has 2 radical (unpaired) electrons. The average Bonchev–Trinajstić information content (AvgIpc) is 0. The Kier molecular flexibility index (Phi) is 142. The Morgan fingerprint density at radius 3 is 0.750 bits per heavy atom. The van der Waals surface area contributed by atoms with Crippen LogP contribution >= 0.6 is 0 Å². The molecule has 0 aliphatic carbocycles. The van der Waals surface area contributed by atoms with E-state index in [1.165, 1.54) is 0 Å². The number of rotatable bonds is 0. The molecular formula is AlAs2Sb. The monoisotopic (exact) mass is 298 g/mol. The molecule has 0 bridgehead atoms. The van der Waals surface area contributed by atoms with E-state index in [0.29, 0.717) is 0 Å². The zero-order valence-corrected chi connectivity index (χ0v) is 9.38. The Morgan fingerprint density at radius 1 is 0.750 bits per heavy atom. The van der Waals surface area contributed by atoms with E-state index in [1.54, 1.807) is 0 Å². The maximum atomic E-state index is 0. The van der Waals surface area contributed by atoms with Gasteiger partial charge in [-0.1, -0.05) is 0 Å². The molecule has 4 heteroatoms. The summed E-state index contributed by atoms with van der Waals surface area (Å²) in [5.74, 6) is 0. The third-order valence-electron chi connectivity index (χ3n) is 0. The molecule has 0 heterocycles. The van der Waals surface area contributed by atoms with Gasteiger partial charge in [0, 0.05) is 0 Å². The average molecular weight is 299 g/mol. The third-order valence-corrected chi connectivity index (χ3v) is 0. The van der Waals surface area contributed by atoms with Gasteiger partial charge in [-0.25, -0.2) is 0 Å². The fraction of sp³-hybridized carbons (Fsp3) is 0. The summed E-state index contributed by atoms with van der Waals surface area (Å²) < 4.78 is 0. The summed E-state index contributed by atoms with van der Waals surface area (Å²) in [5, 5.41) is 0.